The predicted molar refractivity (Wildman–Crippen MR) is 70.0 cm³/mol. The third-order valence-corrected chi connectivity index (χ3v) is 5.02. The van der Waals surface area contributed by atoms with Gasteiger partial charge in [-0.15, -0.1) is 11.3 Å². The maximum atomic E-state index is 4.44. The van der Waals surface area contributed by atoms with E-state index in [1.165, 1.54) is 22.7 Å². The summed E-state index contributed by atoms with van der Waals surface area (Å²) in [6.45, 7) is 7.94. The van der Waals surface area contributed by atoms with Gasteiger partial charge in [0.05, 0.1) is 5.01 Å². The topological polar surface area (TPSA) is 24.9 Å². The van der Waals surface area contributed by atoms with Crippen molar-refractivity contribution in [3.05, 3.63) is 16.1 Å². The molecule has 0 spiro atoms. The van der Waals surface area contributed by atoms with Crippen molar-refractivity contribution >= 4 is 11.3 Å². The van der Waals surface area contributed by atoms with Crippen molar-refractivity contribution in [2.24, 2.45) is 5.41 Å². The second-order valence-corrected chi connectivity index (χ2v) is 6.35. The highest BCUT2D eigenvalue weighted by atomic mass is 32.1. The molecule has 1 N–H and O–H groups in total. The third-order valence-electron chi connectivity index (χ3n) is 3.82. The third kappa shape index (κ3) is 2.83. The molecular weight excluding hydrogens is 216 g/mol. The maximum absolute atomic E-state index is 4.44. The average molecular weight is 238 g/mol. The molecule has 0 aromatic carbocycles. The molecule has 2 nitrogen and oxygen atoms in total. The summed E-state index contributed by atoms with van der Waals surface area (Å²) in [5, 5.41) is 4.90. The van der Waals surface area contributed by atoms with Crippen LogP contribution in [0.15, 0.2) is 6.20 Å². The van der Waals surface area contributed by atoms with Crippen LogP contribution in [0.5, 0.6) is 0 Å². The zero-order chi connectivity index (χ0) is 11.6. The van der Waals surface area contributed by atoms with Crippen LogP contribution in [0.25, 0.3) is 0 Å². The number of nitrogens with one attached hydrogen (secondary N) is 1. The molecule has 2 rings (SSSR count). The lowest BCUT2D eigenvalue weighted by atomic mass is 10.0. The van der Waals surface area contributed by atoms with Crippen molar-refractivity contribution < 1.29 is 0 Å². The molecule has 0 bridgehead atoms. The standard InChI is InChI=1S/C13H22N2S/c1-4-11-9-15-12(16-11)5-8-14-10(2)13(3)6-7-13/h9-10,14H,4-8H2,1-3H3. The molecule has 16 heavy (non-hydrogen) atoms. The van der Waals surface area contributed by atoms with Gasteiger partial charge in [-0.1, -0.05) is 13.8 Å². The van der Waals surface area contributed by atoms with Gasteiger partial charge in [-0.3, -0.25) is 0 Å². The van der Waals surface area contributed by atoms with Crippen LogP contribution < -0.4 is 5.32 Å². The van der Waals surface area contributed by atoms with E-state index >= 15 is 0 Å². The van der Waals surface area contributed by atoms with Crippen LogP contribution in [0.2, 0.25) is 0 Å². The Bertz CT molecular complexity index is 341. The van der Waals surface area contributed by atoms with Gasteiger partial charge in [-0.25, -0.2) is 4.98 Å². The smallest absolute Gasteiger partial charge is 0.0940 e. The summed E-state index contributed by atoms with van der Waals surface area (Å²) < 4.78 is 0. The molecule has 3 heteroatoms. The number of rotatable bonds is 6. The molecule has 90 valence electrons. The van der Waals surface area contributed by atoms with Crippen LogP contribution in [0.3, 0.4) is 0 Å². The van der Waals surface area contributed by atoms with Crippen LogP contribution in [0.1, 0.15) is 43.5 Å². The van der Waals surface area contributed by atoms with Gasteiger partial charge in [0.15, 0.2) is 0 Å². The molecule has 0 aliphatic heterocycles. The van der Waals surface area contributed by atoms with Crippen molar-refractivity contribution in [2.45, 2.75) is 52.5 Å². The fourth-order valence-electron chi connectivity index (χ4n) is 1.90. The van der Waals surface area contributed by atoms with Crippen LogP contribution >= 0.6 is 11.3 Å². The van der Waals surface area contributed by atoms with Gasteiger partial charge in [-0.2, -0.15) is 0 Å². The molecule has 1 saturated carbocycles. The Morgan fingerprint density at radius 1 is 1.56 bits per heavy atom. The Morgan fingerprint density at radius 3 is 2.88 bits per heavy atom. The van der Waals surface area contributed by atoms with Crippen molar-refractivity contribution in [2.75, 3.05) is 6.54 Å². The Hall–Kier alpha value is -0.410. The van der Waals surface area contributed by atoms with E-state index in [1.807, 2.05) is 17.5 Å². The Kier molecular flexibility index (Phi) is 3.65. The summed E-state index contributed by atoms with van der Waals surface area (Å²) in [5.74, 6) is 0. The SMILES string of the molecule is CCc1cnc(CCNC(C)C2(C)CC2)s1. The van der Waals surface area contributed by atoms with Crippen molar-refractivity contribution in [3.63, 3.8) is 0 Å². The molecule has 1 atom stereocenters. The van der Waals surface area contributed by atoms with Gasteiger partial charge in [0, 0.05) is 30.1 Å². The van der Waals surface area contributed by atoms with Gasteiger partial charge in [0.2, 0.25) is 0 Å². The first-order chi connectivity index (χ1) is 7.64. The minimum atomic E-state index is 0.581. The number of hydrogen-bond donors (Lipinski definition) is 1. The molecule has 1 heterocycles. The zero-order valence-corrected chi connectivity index (χ0v) is 11.4. The van der Waals surface area contributed by atoms with E-state index in [1.54, 1.807) is 0 Å². The molecule has 1 unspecified atom stereocenters. The first-order valence-electron chi connectivity index (χ1n) is 6.31. The van der Waals surface area contributed by atoms with Crippen molar-refractivity contribution in [1.82, 2.24) is 10.3 Å². The van der Waals surface area contributed by atoms with Gasteiger partial charge in [0.25, 0.3) is 0 Å². The summed E-state index contributed by atoms with van der Waals surface area (Å²) in [5.41, 5.74) is 0.581. The van der Waals surface area contributed by atoms with Crippen molar-refractivity contribution in [3.8, 4) is 0 Å². The molecule has 1 aromatic rings. The predicted octanol–water partition coefficient (Wildman–Crippen LogP) is 3.03. The summed E-state index contributed by atoms with van der Waals surface area (Å²) in [6, 6.07) is 0.651. The molecule has 0 radical (unpaired) electrons. The number of aromatic nitrogens is 1. The number of nitrogens with zero attached hydrogens (tertiary/aromatic N) is 1. The normalized spacial score (nSPS) is 19.7. The van der Waals surface area contributed by atoms with Crippen LogP contribution in [0.4, 0.5) is 0 Å². The lowest BCUT2D eigenvalue weighted by molar-refractivity contribution is 0.383. The van der Waals surface area contributed by atoms with E-state index in [0.29, 0.717) is 11.5 Å². The van der Waals surface area contributed by atoms with Crippen LogP contribution in [0, 0.1) is 5.41 Å². The second kappa shape index (κ2) is 4.84. The largest absolute Gasteiger partial charge is 0.313 e. The Labute approximate surface area is 102 Å². The molecule has 0 saturated heterocycles. The summed E-state index contributed by atoms with van der Waals surface area (Å²) >= 11 is 1.86. The zero-order valence-electron chi connectivity index (χ0n) is 10.5. The highest BCUT2D eigenvalue weighted by Gasteiger charge is 2.41. The van der Waals surface area contributed by atoms with E-state index in [-0.39, 0.29) is 0 Å². The maximum Gasteiger partial charge on any atom is 0.0940 e. The summed E-state index contributed by atoms with van der Waals surface area (Å²) in [7, 11) is 0. The highest BCUT2D eigenvalue weighted by molar-refractivity contribution is 7.11. The fourth-order valence-corrected chi connectivity index (χ4v) is 2.76. The number of thiazole rings is 1. The fraction of sp³-hybridized carbons (Fsp3) is 0.769. The van der Waals surface area contributed by atoms with Gasteiger partial charge in [0.1, 0.15) is 0 Å². The summed E-state index contributed by atoms with van der Waals surface area (Å²) in [4.78, 5) is 5.84. The van der Waals surface area contributed by atoms with Gasteiger partial charge >= 0.3 is 0 Å². The molecule has 1 aliphatic rings. The van der Waals surface area contributed by atoms with E-state index in [0.717, 1.165) is 19.4 Å². The highest BCUT2D eigenvalue weighted by Crippen LogP contribution is 2.47. The van der Waals surface area contributed by atoms with E-state index in [2.05, 4.69) is 31.1 Å². The van der Waals surface area contributed by atoms with Gasteiger partial charge in [-0.05, 0) is 31.6 Å². The molecule has 0 amide bonds. The van der Waals surface area contributed by atoms with E-state index in [4.69, 9.17) is 0 Å². The van der Waals surface area contributed by atoms with Crippen LogP contribution in [-0.4, -0.2) is 17.6 Å². The second-order valence-electron chi connectivity index (χ2n) is 5.15. The monoisotopic (exact) mass is 238 g/mol. The van der Waals surface area contributed by atoms with Crippen LogP contribution in [-0.2, 0) is 12.8 Å². The first kappa shape index (κ1) is 12.1. The van der Waals surface area contributed by atoms with E-state index < -0.39 is 0 Å². The molecule has 1 aromatic heterocycles. The molecule has 1 fully saturated rings. The minimum Gasteiger partial charge on any atom is -0.313 e. The van der Waals surface area contributed by atoms with Crippen molar-refractivity contribution in [1.29, 1.82) is 0 Å². The van der Waals surface area contributed by atoms with E-state index in [9.17, 15) is 0 Å². The summed E-state index contributed by atoms with van der Waals surface area (Å²) in [6.07, 6.45) is 6.98. The quantitative estimate of drug-likeness (QED) is 0.824. The molecule has 1 aliphatic carbocycles. The lowest BCUT2D eigenvalue weighted by Gasteiger charge is -2.19. The molecular formula is C13H22N2S. The Morgan fingerprint density at radius 2 is 2.31 bits per heavy atom. The minimum absolute atomic E-state index is 0.581. The number of aryl methyl sites for hydroxylation is 1. The Balaban J connectivity index is 1.71. The van der Waals surface area contributed by atoms with Gasteiger partial charge < -0.3 is 5.32 Å². The average Bonchev–Trinajstić information content (AvgIpc) is 2.87. The number of hydrogen-bond acceptors (Lipinski definition) is 3. The first-order valence-corrected chi connectivity index (χ1v) is 7.12. The lowest BCUT2D eigenvalue weighted by Crippen LogP contribution is -2.34.